The van der Waals surface area contributed by atoms with Gasteiger partial charge in [-0.2, -0.15) is 0 Å². The van der Waals surface area contributed by atoms with Crippen LogP contribution in [-0.2, 0) is 76.0 Å². The van der Waals surface area contributed by atoms with Crippen LogP contribution in [0.1, 0.15) is 109 Å². The SMILES string of the molecule is CO[C@H]1[C@@H]([C@@H](NC(=O)OC(C)(C)C)[C@@H]2C/C=C/COC(=O)C[C@@H](C)NC(=O)[C@H]([C@H](NC(=O)OC(C)(C)C)[C@H]3O[C@@H]4OC(C)(C)O[C@@H]4[C@H]3OC)C/C=C/COC(=O)C[C@@H](C)NC2=O)O[C@@H]2OC(C)(C)O[C@@H]21. The van der Waals surface area contributed by atoms with Gasteiger partial charge in [0, 0.05) is 26.3 Å². The second kappa shape index (κ2) is 23.4. The molecular formula is C48H76N4O18. The smallest absolute Gasteiger partial charge is 0.407 e. The zero-order valence-electron chi connectivity index (χ0n) is 43.0. The van der Waals surface area contributed by atoms with Crippen LogP contribution in [0.3, 0.4) is 0 Å². The van der Waals surface area contributed by atoms with Gasteiger partial charge in [0.2, 0.25) is 11.8 Å². The molecule has 22 nitrogen and oxygen atoms in total. The molecule has 0 saturated carbocycles. The Morgan fingerprint density at radius 1 is 0.614 bits per heavy atom. The highest BCUT2D eigenvalue weighted by atomic mass is 16.9. The van der Waals surface area contributed by atoms with Crippen molar-refractivity contribution in [2.75, 3.05) is 27.4 Å². The number of carbonyl (C=O) groups excluding carboxylic acids is 6. The van der Waals surface area contributed by atoms with Crippen LogP contribution in [0.4, 0.5) is 9.59 Å². The minimum absolute atomic E-state index is 0.0247. The summed E-state index contributed by atoms with van der Waals surface area (Å²) < 4.78 is 70.9. The van der Waals surface area contributed by atoms with E-state index in [0.717, 1.165) is 0 Å². The van der Waals surface area contributed by atoms with E-state index in [0.29, 0.717) is 0 Å². The molecule has 0 unspecified atom stereocenters. The van der Waals surface area contributed by atoms with Crippen LogP contribution >= 0.6 is 0 Å². The summed E-state index contributed by atoms with van der Waals surface area (Å²) in [6, 6.07) is -3.74. The van der Waals surface area contributed by atoms with E-state index in [9.17, 15) is 28.8 Å². The van der Waals surface area contributed by atoms with Crippen molar-refractivity contribution in [1.29, 1.82) is 0 Å². The summed E-state index contributed by atoms with van der Waals surface area (Å²) >= 11 is 0. The van der Waals surface area contributed by atoms with Gasteiger partial charge in [-0.25, -0.2) is 9.59 Å². The Hall–Kier alpha value is -4.42. The summed E-state index contributed by atoms with van der Waals surface area (Å²) in [7, 11) is 2.92. The Morgan fingerprint density at radius 2 is 0.971 bits per heavy atom. The van der Waals surface area contributed by atoms with Crippen LogP contribution in [0.2, 0.25) is 0 Å². The first-order chi connectivity index (χ1) is 32.6. The fourth-order valence-electron chi connectivity index (χ4n) is 8.99. The number of carbonyl (C=O) groups is 6. The molecule has 5 aliphatic heterocycles. The largest absolute Gasteiger partial charge is 0.461 e. The fourth-order valence-corrected chi connectivity index (χ4v) is 8.99. The van der Waals surface area contributed by atoms with Gasteiger partial charge >= 0.3 is 24.1 Å². The number of esters is 2. The molecule has 0 aromatic rings. The van der Waals surface area contributed by atoms with Crippen molar-refractivity contribution in [3.05, 3.63) is 24.3 Å². The van der Waals surface area contributed by atoms with E-state index in [1.807, 2.05) is 0 Å². The van der Waals surface area contributed by atoms with Crippen LogP contribution in [0.5, 0.6) is 0 Å². The van der Waals surface area contributed by atoms with Gasteiger partial charge in [-0.3, -0.25) is 19.2 Å². The zero-order valence-corrected chi connectivity index (χ0v) is 43.0. The maximum absolute atomic E-state index is 14.4. The predicted octanol–water partition coefficient (Wildman–Crippen LogP) is 3.57. The van der Waals surface area contributed by atoms with Crippen LogP contribution in [-0.4, -0.2) is 160 Å². The molecular weight excluding hydrogens is 921 g/mol. The number of ether oxygens (including phenoxy) is 12. The lowest BCUT2D eigenvalue weighted by Gasteiger charge is -2.35. The molecule has 0 aromatic heterocycles. The van der Waals surface area contributed by atoms with Crippen molar-refractivity contribution in [3.63, 3.8) is 0 Å². The molecule has 0 bridgehead atoms. The fraction of sp³-hybridized carbons (Fsp3) is 0.792. The van der Waals surface area contributed by atoms with Crippen molar-refractivity contribution in [3.8, 4) is 0 Å². The molecule has 5 rings (SSSR count). The molecule has 0 aromatic carbocycles. The first-order valence-electron chi connectivity index (χ1n) is 23.9. The summed E-state index contributed by atoms with van der Waals surface area (Å²) in [5, 5.41) is 11.4. The minimum Gasteiger partial charge on any atom is -0.461 e. The molecule has 4 saturated heterocycles. The summed E-state index contributed by atoms with van der Waals surface area (Å²) in [5.74, 6) is -6.53. The van der Waals surface area contributed by atoms with Crippen LogP contribution < -0.4 is 21.3 Å². The van der Waals surface area contributed by atoms with Crippen molar-refractivity contribution >= 4 is 35.9 Å². The molecule has 0 spiro atoms. The van der Waals surface area contributed by atoms with E-state index in [2.05, 4.69) is 21.3 Å². The highest BCUT2D eigenvalue weighted by molar-refractivity contribution is 5.83. The van der Waals surface area contributed by atoms with Crippen LogP contribution in [0.15, 0.2) is 24.3 Å². The number of nitrogens with one attached hydrogen (secondary N) is 4. The van der Waals surface area contributed by atoms with Crippen LogP contribution in [0.25, 0.3) is 0 Å². The molecule has 14 atom stereocenters. The minimum atomic E-state index is -1.11. The highest BCUT2D eigenvalue weighted by Crippen LogP contribution is 2.42. The third-order valence-electron chi connectivity index (χ3n) is 11.7. The average molecular weight is 997 g/mol. The molecule has 0 aliphatic carbocycles. The second-order valence-corrected chi connectivity index (χ2v) is 21.1. The molecule has 4 amide bonds. The van der Waals surface area contributed by atoms with Gasteiger partial charge < -0.3 is 78.1 Å². The molecule has 70 heavy (non-hydrogen) atoms. The molecule has 0 radical (unpaired) electrons. The summed E-state index contributed by atoms with van der Waals surface area (Å²) in [6.07, 6.45) is -2.64. The Kier molecular flexibility index (Phi) is 18.9. The maximum atomic E-state index is 14.4. The first kappa shape index (κ1) is 56.5. The monoisotopic (exact) mass is 997 g/mol. The van der Waals surface area contributed by atoms with Gasteiger partial charge in [-0.05, 0) is 95.9 Å². The molecule has 5 heterocycles. The molecule has 4 fully saturated rings. The van der Waals surface area contributed by atoms with Gasteiger partial charge in [0.15, 0.2) is 24.2 Å². The maximum Gasteiger partial charge on any atom is 0.407 e. The number of cyclic esters (lactones) is 2. The topological polar surface area (TPSA) is 261 Å². The highest BCUT2D eigenvalue weighted by Gasteiger charge is 2.60. The van der Waals surface area contributed by atoms with Crippen molar-refractivity contribution in [2.24, 2.45) is 11.8 Å². The number of allylic oxidation sites excluding steroid dienone is 2. The van der Waals surface area contributed by atoms with Gasteiger partial charge in [0.25, 0.3) is 0 Å². The van der Waals surface area contributed by atoms with E-state index in [-0.39, 0.29) is 38.9 Å². The predicted molar refractivity (Wildman–Crippen MR) is 246 cm³/mol. The number of hydrogen-bond donors (Lipinski definition) is 4. The summed E-state index contributed by atoms with van der Waals surface area (Å²) in [6.45, 7) is 19.9. The van der Waals surface area contributed by atoms with Crippen molar-refractivity contribution in [1.82, 2.24) is 21.3 Å². The van der Waals surface area contributed by atoms with Crippen LogP contribution in [0, 0.1) is 11.8 Å². The van der Waals surface area contributed by atoms with Gasteiger partial charge in [0.05, 0.1) is 36.8 Å². The van der Waals surface area contributed by atoms with Crippen molar-refractivity contribution < 1.29 is 85.6 Å². The molecule has 5 aliphatic rings. The standard InChI is InChI=1S/C48H76N4O18/c1-25-23-29(53)61-21-17-16-20-28(32(52-44(58)70-46(6,7)8)34-36(60-14)38-42(64-34)68-48(11,12)66-38)40(56)50-26(2)24-30(54)62-22-18-15-19-27(39(55)49-25)31(51-43(57)69-45(3,4)5)33-35(59-13)37-41(63-33)67-47(9,10)65-37/h15-18,25-28,31-38,41-42H,19-24H2,1-14H3,(H,49,55)(H,50,56)(H,51,57)(H,52,58)/b17-16+,18-15+/t25-,26-,27+,28+,31+,32+,33-,34-,35+,36+,37-,38-,41-,42-/m1/s1. The van der Waals surface area contributed by atoms with E-state index < -0.39 is 144 Å². The first-order valence-corrected chi connectivity index (χ1v) is 23.9. The lowest BCUT2D eigenvalue weighted by Crippen LogP contribution is -2.58. The number of alkyl carbamates (subject to hydrolysis) is 2. The van der Waals surface area contributed by atoms with E-state index in [1.165, 1.54) is 14.2 Å². The third-order valence-corrected chi connectivity index (χ3v) is 11.7. The number of amides is 4. The zero-order chi connectivity index (χ0) is 51.9. The molecule has 4 N–H and O–H groups in total. The lowest BCUT2D eigenvalue weighted by molar-refractivity contribution is -0.221. The number of hydrogen-bond acceptors (Lipinski definition) is 18. The molecule has 396 valence electrons. The quantitative estimate of drug-likeness (QED) is 0.154. The lowest BCUT2D eigenvalue weighted by atomic mass is 9.87. The number of fused-ring (bicyclic) bond motifs is 2. The normalized spacial score (nSPS) is 35.2. The Balaban J connectivity index is 1.39. The summed E-state index contributed by atoms with van der Waals surface area (Å²) in [4.78, 5) is 82.1. The summed E-state index contributed by atoms with van der Waals surface area (Å²) in [5.41, 5.74) is -1.79. The number of methoxy groups -OCH3 is 2. The van der Waals surface area contributed by atoms with Gasteiger partial charge in [0.1, 0.15) is 61.0 Å². The van der Waals surface area contributed by atoms with E-state index in [4.69, 9.17) is 56.8 Å². The molecule has 22 heteroatoms. The van der Waals surface area contributed by atoms with Crippen molar-refractivity contribution in [2.45, 2.75) is 205 Å². The van der Waals surface area contributed by atoms with Gasteiger partial charge in [-0.1, -0.05) is 24.3 Å². The van der Waals surface area contributed by atoms with E-state index >= 15 is 0 Å². The Bertz CT molecular complexity index is 1780. The Morgan fingerprint density at radius 3 is 1.30 bits per heavy atom. The van der Waals surface area contributed by atoms with Gasteiger partial charge in [-0.15, -0.1) is 0 Å². The number of rotatable bonds is 8. The Labute approximate surface area is 410 Å². The average Bonchev–Trinajstić information content (AvgIpc) is 3.90. The van der Waals surface area contributed by atoms with E-state index in [1.54, 1.807) is 107 Å². The second-order valence-electron chi connectivity index (χ2n) is 21.1. The third kappa shape index (κ3) is 15.8.